The number of nitrogens with one attached hydrogen (secondary N) is 1. The molecule has 1 atom stereocenters. The van der Waals surface area contributed by atoms with Crippen molar-refractivity contribution in [2.75, 3.05) is 19.1 Å². The van der Waals surface area contributed by atoms with Gasteiger partial charge in [0.2, 0.25) is 0 Å². The Balaban J connectivity index is 0. The summed E-state index contributed by atoms with van der Waals surface area (Å²) in [7, 11) is 1.28. The van der Waals surface area contributed by atoms with Crippen LogP contribution >= 0.6 is 11.8 Å². The molecule has 1 N–H and O–H groups in total. The number of rotatable bonds is 5. The van der Waals surface area contributed by atoms with Crippen molar-refractivity contribution in [3.8, 4) is 0 Å². The Morgan fingerprint density at radius 2 is 1.93 bits per heavy atom. The maximum atomic E-state index is 11.0. The lowest BCUT2D eigenvalue weighted by Crippen LogP contribution is -2.40. The molecule has 0 aliphatic rings. The third-order valence-electron chi connectivity index (χ3n) is 1.58. The summed E-state index contributed by atoms with van der Waals surface area (Å²) in [5, 5.41) is 2.48. The highest BCUT2D eigenvalue weighted by molar-refractivity contribution is 7.98. The number of hydrogen-bond acceptors (Lipinski definition) is 4. The molecule has 0 bridgehead atoms. The second-order valence-corrected chi connectivity index (χ2v) is 3.57. The number of alkyl carbamates (subject to hydrolysis) is 1. The largest absolute Gasteiger partial charge is 0.453 e. The Morgan fingerprint density at radius 1 is 1.40 bits per heavy atom. The molecule has 0 saturated heterocycles. The molecule has 90 valence electrons. The summed E-state index contributed by atoms with van der Waals surface area (Å²) in [6.45, 7) is 5.46. The monoisotopic (exact) mass is 235 g/mol. The average Bonchev–Trinajstić information content (AvgIpc) is 2.26. The molecule has 0 aliphatic heterocycles. The molecular weight excluding hydrogens is 214 g/mol. The number of thioether (sulfide) groups is 1. The van der Waals surface area contributed by atoms with Crippen molar-refractivity contribution in [1.82, 2.24) is 5.32 Å². The first-order chi connectivity index (χ1) is 7.11. The molecule has 1 amide bonds. The zero-order valence-electron chi connectivity index (χ0n) is 10.1. The SMILES string of the molecule is CC.COC(=O)NC(CCSC)C(C)=O. The average molecular weight is 235 g/mol. The van der Waals surface area contributed by atoms with Crippen LogP contribution < -0.4 is 5.32 Å². The van der Waals surface area contributed by atoms with Gasteiger partial charge in [0.25, 0.3) is 0 Å². The third-order valence-corrected chi connectivity index (χ3v) is 2.22. The summed E-state index contributed by atoms with van der Waals surface area (Å²) < 4.78 is 4.40. The fourth-order valence-corrected chi connectivity index (χ4v) is 1.29. The van der Waals surface area contributed by atoms with Crippen LogP contribution in [0.5, 0.6) is 0 Å². The number of carbonyl (C=O) groups excluding carboxylic acids is 2. The smallest absolute Gasteiger partial charge is 0.407 e. The molecular formula is C10H21NO3S. The zero-order chi connectivity index (χ0) is 12.3. The molecule has 0 saturated carbocycles. The van der Waals surface area contributed by atoms with Crippen molar-refractivity contribution >= 4 is 23.6 Å². The molecule has 0 spiro atoms. The van der Waals surface area contributed by atoms with Crippen molar-refractivity contribution in [3.63, 3.8) is 0 Å². The van der Waals surface area contributed by atoms with E-state index in [0.29, 0.717) is 6.42 Å². The highest BCUT2D eigenvalue weighted by Gasteiger charge is 2.16. The van der Waals surface area contributed by atoms with Crippen LogP contribution in [0.4, 0.5) is 4.79 Å². The fourth-order valence-electron chi connectivity index (χ4n) is 0.814. The quantitative estimate of drug-likeness (QED) is 0.792. The predicted molar refractivity (Wildman–Crippen MR) is 64.4 cm³/mol. The van der Waals surface area contributed by atoms with E-state index < -0.39 is 12.1 Å². The molecule has 1 unspecified atom stereocenters. The normalized spacial score (nSPS) is 10.7. The van der Waals surface area contributed by atoms with Crippen molar-refractivity contribution in [3.05, 3.63) is 0 Å². The minimum atomic E-state index is -0.554. The fraction of sp³-hybridized carbons (Fsp3) is 0.800. The van der Waals surface area contributed by atoms with Crippen molar-refractivity contribution in [2.45, 2.75) is 33.2 Å². The molecule has 0 radical (unpaired) electrons. The van der Waals surface area contributed by atoms with Crippen molar-refractivity contribution in [1.29, 1.82) is 0 Å². The summed E-state index contributed by atoms with van der Waals surface area (Å²) in [6.07, 6.45) is 2.04. The highest BCUT2D eigenvalue weighted by atomic mass is 32.2. The Bertz CT molecular complexity index is 186. The Morgan fingerprint density at radius 3 is 2.27 bits per heavy atom. The van der Waals surface area contributed by atoms with Gasteiger partial charge in [0, 0.05) is 0 Å². The molecule has 4 nitrogen and oxygen atoms in total. The molecule has 15 heavy (non-hydrogen) atoms. The van der Waals surface area contributed by atoms with E-state index in [1.165, 1.54) is 14.0 Å². The van der Waals surface area contributed by atoms with Gasteiger partial charge < -0.3 is 10.1 Å². The molecule has 0 aromatic rings. The summed E-state index contributed by atoms with van der Waals surface area (Å²) in [4.78, 5) is 21.8. The second-order valence-electron chi connectivity index (χ2n) is 2.58. The van der Waals surface area contributed by atoms with Gasteiger partial charge in [-0.3, -0.25) is 4.79 Å². The van der Waals surface area contributed by atoms with Gasteiger partial charge in [0.15, 0.2) is 5.78 Å². The van der Waals surface area contributed by atoms with E-state index in [9.17, 15) is 9.59 Å². The summed E-state index contributed by atoms with van der Waals surface area (Å²) >= 11 is 1.64. The summed E-state index contributed by atoms with van der Waals surface area (Å²) in [5.41, 5.74) is 0. The number of amides is 1. The topological polar surface area (TPSA) is 55.4 Å². The number of ether oxygens (including phenoxy) is 1. The van der Waals surface area contributed by atoms with Gasteiger partial charge in [-0.25, -0.2) is 4.79 Å². The van der Waals surface area contributed by atoms with Crippen molar-refractivity contribution < 1.29 is 14.3 Å². The first-order valence-corrected chi connectivity index (χ1v) is 6.35. The van der Waals surface area contributed by atoms with Crippen LogP contribution in [0.1, 0.15) is 27.2 Å². The first-order valence-electron chi connectivity index (χ1n) is 4.95. The molecule has 5 heteroatoms. The summed E-state index contributed by atoms with van der Waals surface area (Å²) in [5.74, 6) is 0.799. The van der Waals surface area contributed by atoms with E-state index in [1.54, 1.807) is 11.8 Å². The van der Waals surface area contributed by atoms with Gasteiger partial charge in [-0.2, -0.15) is 11.8 Å². The number of carbonyl (C=O) groups is 2. The lowest BCUT2D eigenvalue weighted by Gasteiger charge is -2.13. The van der Waals surface area contributed by atoms with E-state index in [4.69, 9.17) is 0 Å². The molecule has 0 aliphatic carbocycles. The van der Waals surface area contributed by atoms with Crippen LogP contribution in [-0.4, -0.2) is 37.0 Å². The number of Topliss-reactive ketones (excluding diaryl/α,β-unsaturated/α-hetero) is 1. The Hall–Kier alpha value is -0.710. The Labute approximate surface area is 96.1 Å². The van der Waals surface area contributed by atoms with Gasteiger partial charge in [0.05, 0.1) is 13.2 Å². The van der Waals surface area contributed by atoms with Gasteiger partial charge in [-0.05, 0) is 25.4 Å². The van der Waals surface area contributed by atoms with Crippen LogP contribution in [0.3, 0.4) is 0 Å². The van der Waals surface area contributed by atoms with E-state index in [-0.39, 0.29) is 5.78 Å². The lowest BCUT2D eigenvalue weighted by atomic mass is 10.1. The van der Waals surface area contributed by atoms with E-state index in [2.05, 4.69) is 10.1 Å². The van der Waals surface area contributed by atoms with Crippen LogP contribution in [-0.2, 0) is 9.53 Å². The molecule has 0 aromatic carbocycles. The van der Waals surface area contributed by atoms with Gasteiger partial charge >= 0.3 is 6.09 Å². The molecule has 0 aromatic heterocycles. The van der Waals surface area contributed by atoms with Gasteiger partial charge in [-0.15, -0.1) is 0 Å². The maximum absolute atomic E-state index is 11.0. The van der Waals surface area contributed by atoms with Gasteiger partial charge in [0.1, 0.15) is 0 Å². The minimum absolute atomic E-state index is 0.0422. The number of ketones is 1. The van der Waals surface area contributed by atoms with Crippen LogP contribution in [0.25, 0.3) is 0 Å². The maximum Gasteiger partial charge on any atom is 0.407 e. The van der Waals surface area contributed by atoms with Crippen LogP contribution in [0, 0.1) is 0 Å². The highest BCUT2D eigenvalue weighted by Crippen LogP contribution is 2.01. The third kappa shape index (κ3) is 9.59. The number of hydrogen-bond donors (Lipinski definition) is 1. The lowest BCUT2D eigenvalue weighted by molar-refractivity contribution is -0.118. The Kier molecular flexibility index (Phi) is 12.7. The minimum Gasteiger partial charge on any atom is -0.453 e. The first kappa shape index (κ1) is 16.7. The second kappa shape index (κ2) is 11.4. The van der Waals surface area contributed by atoms with E-state index in [0.717, 1.165) is 5.75 Å². The van der Waals surface area contributed by atoms with Crippen LogP contribution in [0.15, 0.2) is 0 Å². The number of methoxy groups -OCH3 is 1. The van der Waals surface area contributed by atoms with Crippen molar-refractivity contribution in [2.24, 2.45) is 0 Å². The predicted octanol–water partition coefficient (Wildman–Crippen LogP) is 2.08. The van der Waals surface area contributed by atoms with E-state index >= 15 is 0 Å². The van der Waals surface area contributed by atoms with E-state index in [1.807, 2.05) is 20.1 Å². The molecule has 0 fully saturated rings. The van der Waals surface area contributed by atoms with Crippen LogP contribution in [0.2, 0.25) is 0 Å². The van der Waals surface area contributed by atoms with Gasteiger partial charge in [-0.1, -0.05) is 13.8 Å². The zero-order valence-corrected chi connectivity index (χ0v) is 10.9. The standard InChI is InChI=1S/C8H15NO3S.C2H6/c1-6(10)7(4-5-13-3)9-8(11)12-2;1-2/h7H,4-5H2,1-3H3,(H,9,11);1-2H3. The molecule has 0 rings (SSSR count). The molecule has 0 heterocycles. The summed E-state index contributed by atoms with van der Waals surface area (Å²) in [6, 6.07) is -0.417.